The van der Waals surface area contributed by atoms with Crippen molar-refractivity contribution in [2.45, 2.75) is 12.8 Å². The van der Waals surface area contributed by atoms with Gasteiger partial charge in [-0.15, -0.1) is 0 Å². The highest BCUT2D eigenvalue weighted by Gasteiger charge is 1.95. The Balaban J connectivity index is 1.61. The van der Waals surface area contributed by atoms with Crippen molar-refractivity contribution in [1.29, 1.82) is 0 Å². The van der Waals surface area contributed by atoms with E-state index in [-0.39, 0.29) is 5.82 Å². The van der Waals surface area contributed by atoms with Crippen LogP contribution in [0.15, 0.2) is 41.1 Å². The van der Waals surface area contributed by atoms with Gasteiger partial charge in [0.25, 0.3) is 0 Å². The van der Waals surface area contributed by atoms with Gasteiger partial charge in [0.15, 0.2) is 0 Å². The van der Waals surface area contributed by atoms with Crippen LogP contribution >= 0.6 is 11.3 Å². The van der Waals surface area contributed by atoms with Crippen molar-refractivity contribution in [1.82, 2.24) is 5.32 Å². The number of thiophene rings is 1. The quantitative estimate of drug-likeness (QED) is 0.775. The average Bonchev–Trinajstić information content (AvgIpc) is 2.84. The summed E-state index contributed by atoms with van der Waals surface area (Å²) in [5, 5.41) is 7.68. The molecule has 1 aromatic carbocycles. The van der Waals surface area contributed by atoms with Gasteiger partial charge in [-0.3, -0.25) is 0 Å². The second-order valence-electron chi connectivity index (χ2n) is 4.01. The Morgan fingerprint density at radius 1 is 0.941 bits per heavy atom. The molecule has 2 rings (SSSR count). The molecule has 17 heavy (non-hydrogen) atoms. The van der Waals surface area contributed by atoms with E-state index in [0.717, 1.165) is 25.9 Å². The third-order valence-corrected chi connectivity index (χ3v) is 3.41. The zero-order valence-corrected chi connectivity index (χ0v) is 10.5. The molecule has 0 unspecified atom stereocenters. The SMILES string of the molecule is Fc1ccc(CCNCCc2ccsc2)cc1. The smallest absolute Gasteiger partial charge is 0.123 e. The normalized spacial score (nSPS) is 10.6. The molecule has 0 amide bonds. The lowest BCUT2D eigenvalue weighted by molar-refractivity contribution is 0.626. The second-order valence-corrected chi connectivity index (χ2v) is 4.79. The fourth-order valence-corrected chi connectivity index (χ4v) is 2.38. The summed E-state index contributed by atoms with van der Waals surface area (Å²) in [4.78, 5) is 0. The number of hydrogen-bond donors (Lipinski definition) is 1. The first-order valence-corrected chi connectivity index (χ1v) is 6.75. The van der Waals surface area contributed by atoms with Crippen LogP contribution in [0.25, 0.3) is 0 Å². The summed E-state index contributed by atoms with van der Waals surface area (Å²) in [6, 6.07) is 8.87. The van der Waals surface area contributed by atoms with Crippen LogP contribution in [0.2, 0.25) is 0 Å². The van der Waals surface area contributed by atoms with E-state index in [1.165, 1.54) is 23.3 Å². The van der Waals surface area contributed by atoms with Crippen LogP contribution in [0.4, 0.5) is 4.39 Å². The molecule has 1 heterocycles. The lowest BCUT2D eigenvalue weighted by Crippen LogP contribution is -2.19. The summed E-state index contributed by atoms with van der Waals surface area (Å²) >= 11 is 1.74. The summed E-state index contributed by atoms with van der Waals surface area (Å²) < 4.78 is 12.7. The Kier molecular flexibility index (Phi) is 4.71. The number of hydrogen-bond acceptors (Lipinski definition) is 2. The van der Waals surface area contributed by atoms with Crippen LogP contribution in [-0.4, -0.2) is 13.1 Å². The fraction of sp³-hybridized carbons (Fsp3) is 0.286. The molecule has 0 saturated carbocycles. The van der Waals surface area contributed by atoms with E-state index in [1.54, 1.807) is 11.3 Å². The van der Waals surface area contributed by atoms with Crippen molar-refractivity contribution in [3.63, 3.8) is 0 Å². The van der Waals surface area contributed by atoms with Gasteiger partial charge in [0.1, 0.15) is 5.82 Å². The fourth-order valence-electron chi connectivity index (χ4n) is 1.68. The van der Waals surface area contributed by atoms with Crippen molar-refractivity contribution in [2.24, 2.45) is 0 Å². The third-order valence-electron chi connectivity index (χ3n) is 2.67. The van der Waals surface area contributed by atoms with Crippen molar-refractivity contribution in [2.75, 3.05) is 13.1 Å². The molecule has 2 aromatic rings. The number of rotatable bonds is 6. The van der Waals surface area contributed by atoms with Gasteiger partial charge in [-0.1, -0.05) is 12.1 Å². The molecule has 0 radical (unpaired) electrons. The maximum absolute atomic E-state index is 12.7. The zero-order chi connectivity index (χ0) is 11.9. The highest BCUT2D eigenvalue weighted by molar-refractivity contribution is 7.07. The van der Waals surface area contributed by atoms with Crippen LogP contribution in [0.5, 0.6) is 0 Å². The molecule has 0 atom stereocenters. The first-order chi connectivity index (χ1) is 8.34. The van der Waals surface area contributed by atoms with Gasteiger partial charge in [0, 0.05) is 0 Å². The maximum Gasteiger partial charge on any atom is 0.123 e. The number of benzene rings is 1. The Morgan fingerprint density at radius 3 is 2.29 bits per heavy atom. The largest absolute Gasteiger partial charge is 0.316 e. The highest BCUT2D eigenvalue weighted by atomic mass is 32.1. The average molecular weight is 249 g/mol. The lowest BCUT2D eigenvalue weighted by atomic mass is 10.1. The van der Waals surface area contributed by atoms with Gasteiger partial charge >= 0.3 is 0 Å². The topological polar surface area (TPSA) is 12.0 Å². The van der Waals surface area contributed by atoms with Crippen LogP contribution in [0, 0.1) is 5.82 Å². The first kappa shape index (κ1) is 12.3. The van der Waals surface area contributed by atoms with Crippen molar-refractivity contribution in [3.8, 4) is 0 Å². The minimum Gasteiger partial charge on any atom is -0.316 e. The highest BCUT2D eigenvalue weighted by Crippen LogP contribution is 2.06. The summed E-state index contributed by atoms with van der Waals surface area (Å²) in [7, 11) is 0. The number of halogens is 1. The van der Waals surface area contributed by atoms with Crippen LogP contribution in [-0.2, 0) is 12.8 Å². The summed E-state index contributed by atoms with van der Waals surface area (Å²) in [5.74, 6) is -0.167. The molecule has 3 heteroatoms. The summed E-state index contributed by atoms with van der Waals surface area (Å²) in [6.07, 6.45) is 2.02. The molecule has 0 fully saturated rings. The minimum absolute atomic E-state index is 0.167. The van der Waals surface area contributed by atoms with E-state index < -0.39 is 0 Å². The molecule has 90 valence electrons. The number of nitrogens with one attached hydrogen (secondary N) is 1. The second kappa shape index (κ2) is 6.52. The molecule has 1 nitrogen and oxygen atoms in total. The van der Waals surface area contributed by atoms with Gasteiger partial charge in [0.2, 0.25) is 0 Å². The molecule has 0 spiro atoms. The maximum atomic E-state index is 12.7. The minimum atomic E-state index is -0.167. The molecule has 1 aromatic heterocycles. The Labute approximate surface area is 105 Å². The van der Waals surface area contributed by atoms with E-state index in [9.17, 15) is 4.39 Å². The third kappa shape index (κ3) is 4.29. The predicted octanol–water partition coefficient (Wildman–Crippen LogP) is 3.26. The Hall–Kier alpha value is -1.19. The van der Waals surface area contributed by atoms with E-state index >= 15 is 0 Å². The van der Waals surface area contributed by atoms with E-state index in [0.29, 0.717) is 0 Å². The zero-order valence-electron chi connectivity index (χ0n) is 9.66. The van der Waals surface area contributed by atoms with Crippen molar-refractivity contribution in [3.05, 3.63) is 58.0 Å². The van der Waals surface area contributed by atoms with Crippen LogP contribution in [0.3, 0.4) is 0 Å². The van der Waals surface area contributed by atoms with E-state index in [2.05, 4.69) is 22.1 Å². The monoisotopic (exact) mass is 249 g/mol. The van der Waals surface area contributed by atoms with Crippen LogP contribution in [0.1, 0.15) is 11.1 Å². The molecule has 1 N–H and O–H groups in total. The first-order valence-electron chi connectivity index (χ1n) is 5.81. The lowest BCUT2D eigenvalue weighted by Gasteiger charge is -2.04. The van der Waals surface area contributed by atoms with Gasteiger partial charge in [-0.25, -0.2) is 4.39 Å². The molecule has 0 bridgehead atoms. The molecule has 0 aliphatic heterocycles. The predicted molar refractivity (Wildman–Crippen MR) is 71.0 cm³/mol. The molecule has 0 saturated heterocycles. The standard InChI is InChI=1S/C14H16FNS/c15-14-3-1-12(2-4-14)5-8-16-9-6-13-7-10-17-11-13/h1-4,7,10-11,16H,5-6,8-9H2. The van der Waals surface area contributed by atoms with Crippen LogP contribution < -0.4 is 5.32 Å². The summed E-state index contributed by atoms with van der Waals surface area (Å²) in [5.41, 5.74) is 2.57. The molecule has 0 aliphatic rings. The Bertz CT molecular complexity index is 422. The van der Waals surface area contributed by atoms with E-state index in [1.807, 2.05) is 12.1 Å². The van der Waals surface area contributed by atoms with E-state index in [4.69, 9.17) is 0 Å². The molecular formula is C14H16FNS. The van der Waals surface area contributed by atoms with Gasteiger partial charge in [0.05, 0.1) is 0 Å². The van der Waals surface area contributed by atoms with Gasteiger partial charge < -0.3 is 5.32 Å². The van der Waals surface area contributed by atoms with Crippen molar-refractivity contribution >= 4 is 11.3 Å². The molecular weight excluding hydrogens is 233 g/mol. The van der Waals surface area contributed by atoms with Crippen molar-refractivity contribution < 1.29 is 4.39 Å². The summed E-state index contributed by atoms with van der Waals surface area (Å²) in [6.45, 7) is 1.94. The Morgan fingerprint density at radius 2 is 1.65 bits per heavy atom. The van der Waals surface area contributed by atoms with Gasteiger partial charge in [-0.05, 0) is 66.0 Å². The van der Waals surface area contributed by atoms with Gasteiger partial charge in [-0.2, -0.15) is 11.3 Å². The molecule has 0 aliphatic carbocycles.